The van der Waals surface area contributed by atoms with E-state index in [1.165, 1.54) is 11.3 Å². The van der Waals surface area contributed by atoms with Gasteiger partial charge in [-0.15, -0.1) is 11.3 Å². The summed E-state index contributed by atoms with van der Waals surface area (Å²) < 4.78 is 11.3. The van der Waals surface area contributed by atoms with E-state index in [0.717, 1.165) is 47.0 Å². The zero-order chi connectivity index (χ0) is 19.0. The number of nitrogens with one attached hydrogen (secondary N) is 1. The Morgan fingerprint density at radius 2 is 2.04 bits per heavy atom. The molecule has 0 aliphatic carbocycles. The van der Waals surface area contributed by atoms with Gasteiger partial charge in [0.1, 0.15) is 0 Å². The van der Waals surface area contributed by atoms with Crippen LogP contribution in [0.25, 0.3) is 11.3 Å². The van der Waals surface area contributed by atoms with Crippen LogP contribution in [0.4, 0.5) is 5.13 Å². The van der Waals surface area contributed by atoms with Crippen LogP contribution >= 0.6 is 11.3 Å². The van der Waals surface area contributed by atoms with Crippen LogP contribution in [0.15, 0.2) is 65.1 Å². The molecule has 0 radical (unpaired) electrons. The van der Waals surface area contributed by atoms with Gasteiger partial charge in [-0.2, -0.15) is 5.10 Å². The molecule has 1 atom stereocenters. The van der Waals surface area contributed by atoms with E-state index in [-0.39, 0.29) is 6.10 Å². The zero-order valence-corrected chi connectivity index (χ0v) is 16.4. The molecule has 28 heavy (non-hydrogen) atoms. The molecule has 1 aliphatic heterocycles. The summed E-state index contributed by atoms with van der Waals surface area (Å²) in [6, 6.07) is 18.3. The number of hydrazone groups is 1. The highest BCUT2D eigenvalue weighted by atomic mass is 32.1. The van der Waals surface area contributed by atoms with Gasteiger partial charge in [0.2, 0.25) is 5.13 Å². The Labute approximate surface area is 169 Å². The molecule has 6 heteroatoms. The minimum Gasteiger partial charge on any atom is -0.376 e. The summed E-state index contributed by atoms with van der Waals surface area (Å²) in [5, 5.41) is 7.09. The van der Waals surface area contributed by atoms with Crippen LogP contribution in [-0.2, 0) is 16.1 Å². The van der Waals surface area contributed by atoms with Crippen LogP contribution in [0.3, 0.4) is 0 Å². The summed E-state index contributed by atoms with van der Waals surface area (Å²) >= 11 is 1.54. The second kappa shape index (κ2) is 9.59. The molecule has 4 rings (SSSR count). The molecular formula is C22H23N3O2S. The summed E-state index contributed by atoms with van der Waals surface area (Å²) in [7, 11) is 0. The van der Waals surface area contributed by atoms with Gasteiger partial charge in [-0.3, -0.25) is 5.43 Å². The maximum Gasteiger partial charge on any atom is 0.203 e. The van der Waals surface area contributed by atoms with E-state index in [1.807, 2.05) is 47.8 Å². The first kappa shape index (κ1) is 18.8. The van der Waals surface area contributed by atoms with E-state index in [4.69, 9.17) is 9.47 Å². The van der Waals surface area contributed by atoms with Crippen molar-refractivity contribution in [3.63, 3.8) is 0 Å². The lowest BCUT2D eigenvalue weighted by atomic mass is 10.1. The fraction of sp³-hybridized carbons (Fsp3) is 0.273. The van der Waals surface area contributed by atoms with Gasteiger partial charge in [-0.05, 0) is 24.0 Å². The highest BCUT2D eigenvalue weighted by Crippen LogP contribution is 2.24. The summed E-state index contributed by atoms with van der Waals surface area (Å²) in [5.41, 5.74) is 7.23. The third-order valence-electron chi connectivity index (χ3n) is 4.52. The van der Waals surface area contributed by atoms with Gasteiger partial charge in [0, 0.05) is 17.6 Å². The zero-order valence-electron chi connectivity index (χ0n) is 15.6. The van der Waals surface area contributed by atoms with Crippen molar-refractivity contribution in [1.82, 2.24) is 4.98 Å². The average Bonchev–Trinajstić information content (AvgIpc) is 3.42. The summed E-state index contributed by atoms with van der Waals surface area (Å²) in [5.74, 6) is 0. The predicted octanol–water partition coefficient (Wildman–Crippen LogP) is 4.95. The Morgan fingerprint density at radius 1 is 1.18 bits per heavy atom. The van der Waals surface area contributed by atoms with Crippen LogP contribution in [0.2, 0.25) is 0 Å². The molecule has 2 heterocycles. The number of benzene rings is 2. The molecule has 2 aromatic carbocycles. The maximum atomic E-state index is 5.74. The number of rotatable bonds is 8. The Balaban J connectivity index is 1.25. The van der Waals surface area contributed by atoms with Gasteiger partial charge in [0.15, 0.2) is 0 Å². The van der Waals surface area contributed by atoms with Crippen molar-refractivity contribution >= 4 is 22.7 Å². The topological polar surface area (TPSA) is 55.7 Å². The van der Waals surface area contributed by atoms with E-state index in [0.29, 0.717) is 13.2 Å². The van der Waals surface area contributed by atoms with Crippen LogP contribution in [0.5, 0.6) is 0 Å². The van der Waals surface area contributed by atoms with Crippen LogP contribution < -0.4 is 5.43 Å². The SMILES string of the molecule is C(=NNc1nc(-c2ccccc2)cs1)c1ccc(COCC2CCCO2)cc1. The van der Waals surface area contributed by atoms with E-state index in [2.05, 4.69) is 27.6 Å². The number of hydrogen-bond acceptors (Lipinski definition) is 6. The largest absolute Gasteiger partial charge is 0.376 e. The first-order valence-electron chi connectivity index (χ1n) is 9.45. The van der Waals surface area contributed by atoms with Crippen LogP contribution in [0, 0.1) is 0 Å². The van der Waals surface area contributed by atoms with Gasteiger partial charge in [-0.25, -0.2) is 4.98 Å². The number of nitrogens with zero attached hydrogens (tertiary/aromatic N) is 2. The molecule has 1 aromatic heterocycles. The lowest BCUT2D eigenvalue weighted by Crippen LogP contribution is -2.13. The van der Waals surface area contributed by atoms with Crippen molar-refractivity contribution in [1.29, 1.82) is 0 Å². The fourth-order valence-corrected chi connectivity index (χ4v) is 3.68. The van der Waals surface area contributed by atoms with E-state index >= 15 is 0 Å². The van der Waals surface area contributed by atoms with Crippen molar-refractivity contribution in [2.75, 3.05) is 18.6 Å². The fourth-order valence-electron chi connectivity index (χ4n) is 3.01. The van der Waals surface area contributed by atoms with Gasteiger partial charge < -0.3 is 9.47 Å². The average molecular weight is 394 g/mol. The highest BCUT2D eigenvalue weighted by Gasteiger charge is 2.15. The number of anilines is 1. The number of hydrogen-bond donors (Lipinski definition) is 1. The van der Waals surface area contributed by atoms with Crippen molar-refractivity contribution in [3.05, 3.63) is 71.1 Å². The Kier molecular flexibility index (Phi) is 6.44. The third kappa shape index (κ3) is 5.25. The molecule has 1 fully saturated rings. The lowest BCUT2D eigenvalue weighted by Gasteiger charge is -2.10. The second-order valence-electron chi connectivity index (χ2n) is 6.67. The Morgan fingerprint density at radius 3 is 2.82 bits per heavy atom. The van der Waals surface area contributed by atoms with Crippen molar-refractivity contribution in [2.45, 2.75) is 25.6 Å². The molecular weight excluding hydrogens is 370 g/mol. The van der Waals surface area contributed by atoms with E-state index in [1.54, 1.807) is 6.21 Å². The molecule has 1 saturated heterocycles. The minimum absolute atomic E-state index is 0.269. The first-order chi connectivity index (χ1) is 13.9. The highest BCUT2D eigenvalue weighted by molar-refractivity contribution is 7.14. The smallest absolute Gasteiger partial charge is 0.203 e. The van der Waals surface area contributed by atoms with Crippen molar-refractivity contribution in [3.8, 4) is 11.3 Å². The predicted molar refractivity (Wildman–Crippen MR) is 114 cm³/mol. The molecule has 1 N–H and O–H groups in total. The quantitative estimate of drug-likeness (QED) is 0.434. The van der Waals surface area contributed by atoms with Gasteiger partial charge >= 0.3 is 0 Å². The number of ether oxygens (including phenoxy) is 2. The summed E-state index contributed by atoms with van der Waals surface area (Å²) in [6.45, 7) is 2.15. The molecule has 0 spiro atoms. The van der Waals surface area contributed by atoms with E-state index in [9.17, 15) is 0 Å². The van der Waals surface area contributed by atoms with Crippen LogP contribution in [0.1, 0.15) is 24.0 Å². The molecule has 5 nitrogen and oxygen atoms in total. The van der Waals surface area contributed by atoms with Crippen LogP contribution in [-0.4, -0.2) is 30.5 Å². The monoisotopic (exact) mass is 393 g/mol. The number of aromatic nitrogens is 1. The minimum atomic E-state index is 0.269. The lowest BCUT2D eigenvalue weighted by molar-refractivity contribution is 0.0106. The van der Waals surface area contributed by atoms with Crippen molar-refractivity contribution in [2.24, 2.45) is 5.10 Å². The summed E-state index contributed by atoms with van der Waals surface area (Å²) in [4.78, 5) is 4.56. The summed E-state index contributed by atoms with van der Waals surface area (Å²) in [6.07, 6.45) is 4.31. The van der Waals surface area contributed by atoms with Gasteiger partial charge in [-0.1, -0.05) is 54.6 Å². The molecule has 3 aromatic rings. The van der Waals surface area contributed by atoms with Crippen molar-refractivity contribution < 1.29 is 9.47 Å². The third-order valence-corrected chi connectivity index (χ3v) is 5.27. The molecule has 144 valence electrons. The molecule has 0 bridgehead atoms. The molecule has 1 aliphatic rings. The first-order valence-corrected chi connectivity index (χ1v) is 10.3. The molecule has 1 unspecified atom stereocenters. The van der Waals surface area contributed by atoms with Gasteiger partial charge in [0.25, 0.3) is 0 Å². The van der Waals surface area contributed by atoms with Gasteiger partial charge in [0.05, 0.1) is 31.2 Å². The molecule has 0 saturated carbocycles. The Bertz CT molecular complexity index is 888. The second-order valence-corrected chi connectivity index (χ2v) is 7.52. The maximum absolute atomic E-state index is 5.74. The van der Waals surface area contributed by atoms with E-state index < -0.39 is 0 Å². The number of thiazole rings is 1. The normalized spacial score (nSPS) is 16.6. The molecule has 0 amide bonds. The standard InChI is InChI=1S/C22H23N3O2S/c1-2-5-19(6-3-1)21-16-28-22(24-21)25-23-13-17-8-10-18(11-9-17)14-26-15-20-7-4-12-27-20/h1-3,5-6,8-11,13,16,20H,4,7,12,14-15H2,(H,24,25). The Hall–Kier alpha value is -2.54.